The number of nitrogen functional groups attached to an aromatic ring is 1. The highest BCUT2D eigenvalue weighted by Crippen LogP contribution is 2.39. The molecule has 0 bridgehead atoms. The molecule has 3 heterocycles. The number of hydrogen-bond acceptors (Lipinski definition) is 12. The number of pyridine rings is 1. The normalized spacial score (nSPS) is 13.3. The molecule has 0 radical (unpaired) electrons. The number of hydroxylamine groups is 2. The number of aromatic nitrogens is 3. The second-order valence-electron chi connectivity index (χ2n) is 13.0. The Balaban J connectivity index is 1.11. The number of phosphoric ester groups is 1. The van der Waals surface area contributed by atoms with Crippen LogP contribution in [0.25, 0.3) is 21.9 Å². The minimum Gasteiger partial charge on any atom is -0.508 e. The Kier molecular flexibility index (Phi) is 13.6. The van der Waals surface area contributed by atoms with Gasteiger partial charge in [0, 0.05) is 62.8 Å². The van der Waals surface area contributed by atoms with E-state index in [-0.39, 0.29) is 61.9 Å². The molecule has 4 aromatic rings. The molecule has 290 valence electrons. The Hall–Kier alpha value is -5.09. The number of nitrogens with one attached hydrogen (secondary N) is 1. The first kappa shape index (κ1) is 40.1. The number of nitrogens with two attached hydrogens (primary N) is 1. The molecular formula is C36H45N6O11P. The van der Waals surface area contributed by atoms with Crippen molar-refractivity contribution in [1.82, 2.24) is 24.9 Å². The number of anilines is 1. The zero-order valence-electron chi connectivity index (χ0n) is 30.0. The molecule has 2 aromatic carbocycles. The maximum atomic E-state index is 12.1. The van der Waals surface area contributed by atoms with Crippen molar-refractivity contribution >= 4 is 59.3 Å². The number of ether oxygens (including phenoxy) is 1. The molecule has 0 spiro atoms. The molecule has 0 unspecified atom stereocenters. The largest absolute Gasteiger partial charge is 0.524 e. The van der Waals surface area contributed by atoms with E-state index < -0.39 is 25.6 Å². The average Bonchev–Trinajstić information content (AvgIpc) is 3.64. The van der Waals surface area contributed by atoms with E-state index in [0.717, 1.165) is 48.0 Å². The summed E-state index contributed by atoms with van der Waals surface area (Å²) in [6.45, 7) is 3.58. The monoisotopic (exact) mass is 768 g/mol. The van der Waals surface area contributed by atoms with Gasteiger partial charge in [0.2, 0.25) is 5.91 Å². The minimum atomic E-state index is -4.80. The molecule has 0 atom stereocenters. The van der Waals surface area contributed by atoms with Crippen LogP contribution in [0.3, 0.4) is 0 Å². The maximum absolute atomic E-state index is 12.1. The van der Waals surface area contributed by atoms with Crippen LogP contribution in [0.4, 0.5) is 5.82 Å². The van der Waals surface area contributed by atoms with Crippen molar-refractivity contribution in [1.29, 1.82) is 0 Å². The lowest BCUT2D eigenvalue weighted by atomic mass is 10.1. The third-order valence-electron chi connectivity index (χ3n) is 8.73. The van der Waals surface area contributed by atoms with Crippen molar-refractivity contribution in [3.63, 3.8) is 0 Å². The highest BCUT2D eigenvalue weighted by Gasteiger charge is 2.32. The number of aryl methyl sites for hydroxylation is 2. The van der Waals surface area contributed by atoms with Crippen LogP contribution in [-0.4, -0.2) is 77.9 Å². The standard InChI is InChI=1S/C36H45N6O11P/c1-2-3-8-29-40-34-35(41(29)22-24-21-25(12-14-28(24)43)53-54(48,49)50)26-13-11-23(20-27(26)39-36(34)37)7-5-18-51-19-6-17-38-30(44)9-4-10-33(47)52-42-31(45)15-16-32(42)46/h11-14,20-21,43H,2-10,15-19,22H2,1H3,(H2,37,39)(H,38,44)(H2,48,49,50). The number of hydrogen-bond donors (Lipinski definition) is 5. The van der Waals surface area contributed by atoms with Crippen LogP contribution in [0.5, 0.6) is 11.5 Å². The summed E-state index contributed by atoms with van der Waals surface area (Å²) < 4.78 is 23.9. The van der Waals surface area contributed by atoms with Crippen molar-refractivity contribution in [3.8, 4) is 11.5 Å². The Morgan fingerprint density at radius 2 is 1.72 bits per heavy atom. The molecule has 17 nitrogen and oxygen atoms in total. The second-order valence-corrected chi connectivity index (χ2v) is 14.1. The van der Waals surface area contributed by atoms with Crippen LogP contribution in [0.1, 0.15) is 81.7 Å². The predicted octanol–water partition coefficient (Wildman–Crippen LogP) is 3.97. The zero-order valence-corrected chi connectivity index (χ0v) is 30.9. The van der Waals surface area contributed by atoms with Crippen LogP contribution >= 0.6 is 7.82 Å². The van der Waals surface area contributed by atoms with Gasteiger partial charge in [-0.2, -0.15) is 0 Å². The van der Waals surface area contributed by atoms with Crippen LogP contribution in [0.2, 0.25) is 0 Å². The van der Waals surface area contributed by atoms with Crippen molar-refractivity contribution in [3.05, 3.63) is 53.3 Å². The van der Waals surface area contributed by atoms with Gasteiger partial charge < -0.3 is 34.8 Å². The SMILES string of the molecule is CCCCc1nc2c(N)nc3cc(CCCOCCCNC(=O)CCCC(=O)ON4C(=O)CCC4=O)ccc3c2n1Cc1cc(OP(=O)(O)O)ccc1O. The number of nitrogens with zero attached hydrogens (tertiary/aromatic N) is 4. The molecule has 1 aliphatic heterocycles. The number of carbonyl (C=O) groups excluding carboxylic acids is 4. The molecule has 1 fully saturated rings. The number of imidazole rings is 1. The van der Waals surface area contributed by atoms with E-state index in [0.29, 0.717) is 54.3 Å². The van der Waals surface area contributed by atoms with E-state index >= 15 is 0 Å². The van der Waals surface area contributed by atoms with Gasteiger partial charge in [-0.3, -0.25) is 24.2 Å². The maximum Gasteiger partial charge on any atom is 0.524 e. The molecule has 5 rings (SSSR count). The van der Waals surface area contributed by atoms with Gasteiger partial charge in [0.15, 0.2) is 5.82 Å². The van der Waals surface area contributed by atoms with Crippen LogP contribution in [0, 0.1) is 0 Å². The summed E-state index contributed by atoms with van der Waals surface area (Å²) >= 11 is 0. The lowest BCUT2D eigenvalue weighted by Crippen LogP contribution is -2.32. The number of aromatic hydroxyl groups is 1. The van der Waals surface area contributed by atoms with Crippen molar-refractivity contribution in [2.24, 2.45) is 0 Å². The summed E-state index contributed by atoms with van der Waals surface area (Å²) in [5.41, 5.74) is 9.80. The second kappa shape index (κ2) is 18.3. The molecule has 0 aliphatic carbocycles. The Morgan fingerprint density at radius 1 is 0.963 bits per heavy atom. The van der Waals surface area contributed by atoms with Gasteiger partial charge in [0.1, 0.15) is 22.8 Å². The number of unbranched alkanes of at least 4 members (excludes halogenated alkanes) is 1. The minimum absolute atomic E-state index is 0.0219. The molecular weight excluding hydrogens is 723 g/mol. The molecule has 6 N–H and O–H groups in total. The van der Waals surface area contributed by atoms with Crippen LogP contribution < -0.4 is 15.6 Å². The first-order valence-electron chi connectivity index (χ1n) is 17.9. The Morgan fingerprint density at radius 3 is 2.46 bits per heavy atom. The lowest BCUT2D eigenvalue weighted by molar-refractivity contribution is -0.197. The quantitative estimate of drug-likeness (QED) is 0.0485. The highest BCUT2D eigenvalue weighted by molar-refractivity contribution is 7.46. The summed E-state index contributed by atoms with van der Waals surface area (Å²) in [6, 6.07) is 9.96. The molecule has 1 aliphatic rings. The number of carbonyl (C=O) groups is 4. The Labute approximate surface area is 311 Å². The smallest absolute Gasteiger partial charge is 0.508 e. The molecule has 0 saturated carbocycles. The number of imide groups is 1. The summed E-state index contributed by atoms with van der Waals surface area (Å²) in [5.74, 6) is -1.19. The zero-order chi connectivity index (χ0) is 38.8. The van der Waals surface area contributed by atoms with Crippen molar-refractivity contribution < 1.29 is 52.7 Å². The summed E-state index contributed by atoms with van der Waals surface area (Å²) in [5, 5.41) is 14.8. The van der Waals surface area contributed by atoms with Crippen molar-refractivity contribution in [2.75, 3.05) is 25.5 Å². The van der Waals surface area contributed by atoms with E-state index in [4.69, 9.17) is 24.8 Å². The molecule has 3 amide bonds. The van der Waals surface area contributed by atoms with Crippen LogP contribution in [-0.2, 0) is 52.7 Å². The van der Waals surface area contributed by atoms with Gasteiger partial charge in [-0.25, -0.2) is 19.3 Å². The fraction of sp³-hybridized carbons (Fsp3) is 0.444. The fourth-order valence-electron chi connectivity index (χ4n) is 6.08. The number of benzene rings is 2. The number of phosphoric acid groups is 1. The summed E-state index contributed by atoms with van der Waals surface area (Å²) in [7, 11) is -4.80. The summed E-state index contributed by atoms with van der Waals surface area (Å²) in [6.07, 6.45) is 4.77. The highest BCUT2D eigenvalue weighted by atomic mass is 31.2. The fourth-order valence-corrected chi connectivity index (χ4v) is 6.47. The van der Waals surface area contributed by atoms with Gasteiger partial charge in [-0.1, -0.05) is 25.5 Å². The number of phenolic OH excluding ortho intramolecular Hbond substituents is 1. The molecule has 54 heavy (non-hydrogen) atoms. The Bertz CT molecular complexity index is 2050. The van der Waals surface area contributed by atoms with E-state index in [1.807, 2.05) is 22.8 Å². The third kappa shape index (κ3) is 10.7. The summed E-state index contributed by atoms with van der Waals surface area (Å²) in [4.78, 5) is 79.8. The van der Waals surface area contributed by atoms with E-state index in [1.54, 1.807) is 0 Å². The predicted molar refractivity (Wildman–Crippen MR) is 196 cm³/mol. The van der Waals surface area contributed by atoms with Gasteiger partial charge >= 0.3 is 13.8 Å². The number of fused-ring (bicyclic) bond motifs is 3. The van der Waals surface area contributed by atoms with Gasteiger partial charge in [0.25, 0.3) is 11.8 Å². The van der Waals surface area contributed by atoms with Crippen molar-refractivity contribution in [2.45, 2.75) is 84.1 Å². The molecule has 2 aromatic heterocycles. The number of phenols is 1. The first-order chi connectivity index (χ1) is 25.8. The average molecular weight is 769 g/mol. The van der Waals surface area contributed by atoms with Gasteiger partial charge in [0.05, 0.1) is 17.6 Å². The van der Waals surface area contributed by atoms with E-state index in [9.17, 15) is 38.6 Å². The van der Waals surface area contributed by atoms with Gasteiger partial charge in [-0.05, 0) is 61.9 Å². The van der Waals surface area contributed by atoms with E-state index in [2.05, 4.69) is 17.2 Å². The number of amides is 3. The number of rotatable bonds is 20. The topological polar surface area (TPSA) is 246 Å². The molecule has 1 saturated heterocycles. The third-order valence-corrected chi connectivity index (χ3v) is 9.18. The lowest BCUT2D eigenvalue weighted by Gasteiger charge is -2.14. The van der Waals surface area contributed by atoms with Crippen LogP contribution in [0.15, 0.2) is 36.4 Å². The van der Waals surface area contributed by atoms with E-state index in [1.165, 1.54) is 18.2 Å². The van der Waals surface area contributed by atoms with Gasteiger partial charge in [-0.15, -0.1) is 5.06 Å². The first-order valence-corrected chi connectivity index (χ1v) is 19.4. The molecule has 18 heteroatoms.